The summed E-state index contributed by atoms with van der Waals surface area (Å²) in [6, 6.07) is 0.0449. The molecule has 1 aliphatic heterocycles. The van der Waals surface area contributed by atoms with Crippen molar-refractivity contribution in [3.63, 3.8) is 0 Å². The molecule has 1 aliphatic rings. The Kier molecular flexibility index (Phi) is 4.52. The van der Waals surface area contributed by atoms with Crippen LogP contribution < -0.4 is 0 Å². The Morgan fingerprint density at radius 3 is 2.85 bits per heavy atom. The van der Waals surface area contributed by atoms with Gasteiger partial charge in [-0.1, -0.05) is 11.8 Å². The highest BCUT2D eigenvalue weighted by molar-refractivity contribution is 8.13. The van der Waals surface area contributed by atoms with E-state index in [2.05, 4.69) is 5.10 Å². The van der Waals surface area contributed by atoms with Gasteiger partial charge in [-0.3, -0.25) is 14.3 Å². The van der Waals surface area contributed by atoms with Crippen molar-refractivity contribution in [2.75, 3.05) is 12.3 Å². The van der Waals surface area contributed by atoms with Gasteiger partial charge in [-0.2, -0.15) is 5.10 Å². The fourth-order valence-electron chi connectivity index (χ4n) is 2.62. The van der Waals surface area contributed by atoms with E-state index < -0.39 is 0 Å². The Labute approximate surface area is 123 Å². The zero-order chi connectivity index (χ0) is 14.9. The van der Waals surface area contributed by atoms with Crippen LogP contribution in [-0.4, -0.2) is 38.0 Å². The molecule has 2 rings (SSSR count). The number of likely N-dealkylation sites (tertiary alicyclic amines) is 1. The summed E-state index contributed by atoms with van der Waals surface area (Å²) < 4.78 is 1.83. The molecule has 0 saturated carbocycles. The quantitative estimate of drug-likeness (QED) is 0.851. The van der Waals surface area contributed by atoms with E-state index in [1.54, 1.807) is 6.92 Å². The monoisotopic (exact) mass is 295 g/mol. The summed E-state index contributed by atoms with van der Waals surface area (Å²) in [6.45, 7) is 6.36. The molecule has 2 atom stereocenters. The van der Waals surface area contributed by atoms with Gasteiger partial charge in [-0.15, -0.1) is 0 Å². The number of rotatable bonds is 4. The average Bonchev–Trinajstić information content (AvgIpc) is 2.91. The molecule has 0 aliphatic carbocycles. The van der Waals surface area contributed by atoms with Crippen molar-refractivity contribution in [3.8, 4) is 0 Å². The van der Waals surface area contributed by atoms with Gasteiger partial charge in [-0.25, -0.2) is 0 Å². The lowest BCUT2D eigenvalue weighted by molar-refractivity contribution is -0.129. The first-order valence-corrected chi connectivity index (χ1v) is 7.80. The van der Waals surface area contributed by atoms with E-state index in [-0.39, 0.29) is 23.0 Å². The molecule has 2 heterocycles. The fourth-order valence-corrected chi connectivity index (χ4v) is 3.32. The van der Waals surface area contributed by atoms with E-state index >= 15 is 0 Å². The Balaban J connectivity index is 2.04. The number of carbonyl (C=O) groups excluding carboxylic acids is 2. The molecular weight excluding hydrogens is 274 g/mol. The first-order chi connectivity index (χ1) is 9.40. The number of hydrogen-bond donors (Lipinski definition) is 0. The predicted octanol–water partition coefficient (Wildman–Crippen LogP) is 1.92. The van der Waals surface area contributed by atoms with Gasteiger partial charge in [-0.05, 0) is 19.8 Å². The van der Waals surface area contributed by atoms with Crippen LogP contribution in [0.1, 0.15) is 37.6 Å². The molecule has 1 aromatic rings. The second-order valence-electron chi connectivity index (χ2n) is 5.40. The lowest BCUT2D eigenvalue weighted by atomic mass is 10.1. The molecule has 1 saturated heterocycles. The minimum absolute atomic E-state index is 0.0449. The molecule has 0 radical (unpaired) electrons. The maximum absolute atomic E-state index is 12.2. The number of amides is 1. The third-order valence-corrected chi connectivity index (χ3v) is 5.00. The van der Waals surface area contributed by atoms with E-state index in [1.807, 2.05) is 36.7 Å². The van der Waals surface area contributed by atoms with Crippen LogP contribution in [0.5, 0.6) is 0 Å². The Morgan fingerprint density at radius 2 is 2.30 bits per heavy atom. The second kappa shape index (κ2) is 5.99. The van der Waals surface area contributed by atoms with Crippen LogP contribution in [0.15, 0.2) is 6.20 Å². The summed E-state index contributed by atoms with van der Waals surface area (Å²) in [5.41, 5.74) is 2.19. The van der Waals surface area contributed by atoms with E-state index in [1.165, 1.54) is 11.8 Å². The summed E-state index contributed by atoms with van der Waals surface area (Å²) >= 11 is 1.31. The minimum atomic E-state index is 0.0449. The van der Waals surface area contributed by atoms with Gasteiger partial charge in [0.05, 0.1) is 12.2 Å². The molecule has 6 heteroatoms. The van der Waals surface area contributed by atoms with Crippen molar-refractivity contribution in [1.82, 2.24) is 14.7 Å². The summed E-state index contributed by atoms with van der Waals surface area (Å²) in [5.74, 6) is 1.18. The fraction of sp³-hybridized carbons (Fsp3) is 0.643. The standard InChI is InChI=1S/C14H21N3O2S/c1-9-13(6-15-16(9)4)10(2)17-7-12(5-14(17)19)8-20-11(3)18/h6,10,12H,5,7-8H2,1-4H3. The van der Waals surface area contributed by atoms with Crippen molar-refractivity contribution in [3.05, 3.63) is 17.5 Å². The third kappa shape index (κ3) is 3.06. The van der Waals surface area contributed by atoms with Gasteiger partial charge in [0.1, 0.15) is 0 Å². The highest BCUT2D eigenvalue weighted by atomic mass is 32.2. The van der Waals surface area contributed by atoms with Crippen molar-refractivity contribution in [2.24, 2.45) is 13.0 Å². The molecule has 0 N–H and O–H groups in total. The first-order valence-electron chi connectivity index (χ1n) is 6.81. The van der Waals surface area contributed by atoms with Gasteiger partial charge < -0.3 is 4.90 Å². The Hall–Kier alpha value is -1.30. The molecule has 0 bridgehead atoms. The van der Waals surface area contributed by atoms with Gasteiger partial charge >= 0.3 is 0 Å². The van der Waals surface area contributed by atoms with Crippen LogP contribution in [0.25, 0.3) is 0 Å². The Morgan fingerprint density at radius 1 is 1.60 bits per heavy atom. The molecule has 0 spiro atoms. The zero-order valence-electron chi connectivity index (χ0n) is 12.4. The number of aryl methyl sites for hydroxylation is 1. The first kappa shape index (κ1) is 15.1. The average molecular weight is 295 g/mol. The van der Waals surface area contributed by atoms with Crippen LogP contribution in [0.4, 0.5) is 0 Å². The molecule has 1 fully saturated rings. The van der Waals surface area contributed by atoms with E-state index in [4.69, 9.17) is 0 Å². The van der Waals surface area contributed by atoms with Crippen molar-refractivity contribution in [1.29, 1.82) is 0 Å². The van der Waals surface area contributed by atoms with Gasteiger partial charge in [0.2, 0.25) is 5.91 Å². The van der Waals surface area contributed by atoms with Crippen LogP contribution in [0.2, 0.25) is 0 Å². The molecule has 1 aromatic heterocycles. The van der Waals surface area contributed by atoms with Crippen LogP contribution in [0, 0.1) is 12.8 Å². The SMILES string of the molecule is CC(=O)SCC1CC(=O)N(C(C)c2cnn(C)c2C)C1. The number of thioether (sulfide) groups is 1. The third-order valence-electron chi connectivity index (χ3n) is 3.95. The zero-order valence-corrected chi connectivity index (χ0v) is 13.2. The number of hydrogen-bond acceptors (Lipinski definition) is 4. The largest absolute Gasteiger partial charge is 0.335 e. The van der Waals surface area contributed by atoms with E-state index in [9.17, 15) is 9.59 Å². The van der Waals surface area contributed by atoms with E-state index in [0.717, 1.165) is 23.6 Å². The molecule has 20 heavy (non-hydrogen) atoms. The molecule has 0 aromatic carbocycles. The second-order valence-corrected chi connectivity index (χ2v) is 6.60. The maximum Gasteiger partial charge on any atom is 0.223 e. The number of nitrogens with zero attached hydrogens (tertiary/aromatic N) is 3. The van der Waals surface area contributed by atoms with Crippen molar-refractivity contribution >= 4 is 22.8 Å². The molecule has 2 unspecified atom stereocenters. The maximum atomic E-state index is 12.2. The molecular formula is C14H21N3O2S. The Bertz CT molecular complexity index is 526. The number of aromatic nitrogens is 2. The lowest BCUT2D eigenvalue weighted by Crippen LogP contribution is -2.29. The summed E-state index contributed by atoms with van der Waals surface area (Å²) in [6.07, 6.45) is 2.38. The number of carbonyl (C=O) groups is 2. The predicted molar refractivity (Wildman–Crippen MR) is 79.3 cm³/mol. The van der Waals surface area contributed by atoms with E-state index in [0.29, 0.717) is 6.42 Å². The van der Waals surface area contributed by atoms with Gasteiger partial charge in [0, 0.05) is 43.9 Å². The van der Waals surface area contributed by atoms with Crippen molar-refractivity contribution < 1.29 is 9.59 Å². The summed E-state index contributed by atoms with van der Waals surface area (Å²) in [7, 11) is 1.91. The summed E-state index contributed by atoms with van der Waals surface area (Å²) in [4.78, 5) is 25.1. The molecule has 5 nitrogen and oxygen atoms in total. The van der Waals surface area contributed by atoms with Gasteiger partial charge in [0.25, 0.3) is 0 Å². The van der Waals surface area contributed by atoms with Crippen LogP contribution in [-0.2, 0) is 16.6 Å². The lowest BCUT2D eigenvalue weighted by Gasteiger charge is -2.24. The normalized spacial score (nSPS) is 20.5. The van der Waals surface area contributed by atoms with Crippen LogP contribution in [0.3, 0.4) is 0 Å². The smallest absolute Gasteiger partial charge is 0.223 e. The van der Waals surface area contributed by atoms with Crippen LogP contribution >= 0.6 is 11.8 Å². The topological polar surface area (TPSA) is 55.2 Å². The molecule has 1 amide bonds. The highest BCUT2D eigenvalue weighted by Crippen LogP contribution is 2.31. The van der Waals surface area contributed by atoms with Gasteiger partial charge in [0.15, 0.2) is 5.12 Å². The highest BCUT2D eigenvalue weighted by Gasteiger charge is 2.34. The minimum Gasteiger partial charge on any atom is -0.335 e. The van der Waals surface area contributed by atoms with Crippen molar-refractivity contribution in [2.45, 2.75) is 33.2 Å². The molecule has 110 valence electrons. The summed E-state index contributed by atoms with van der Waals surface area (Å²) in [5, 5.41) is 4.36.